The van der Waals surface area contributed by atoms with Crippen molar-refractivity contribution in [3.63, 3.8) is 0 Å². The summed E-state index contributed by atoms with van der Waals surface area (Å²) in [6.45, 7) is 3.52. The summed E-state index contributed by atoms with van der Waals surface area (Å²) in [5.41, 5.74) is 0.902. The molecule has 1 atom stereocenters. The number of hydrogen-bond donors (Lipinski definition) is 1. The smallest absolute Gasteiger partial charge is 0.327 e. The molecule has 1 aromatic carbocycles. The SMILES string of the molecule is CC(C)[C@@H](C(=O)O)N1C(=O)SC(=Cc2ccc(Br)cc2)C1=S. The molecule has 0 aliphatic carbocycles. The van der Waals surface area contributed by atoms with Gasteiger partial charge in [0.15, 0.2) is 0 Å². The zero-order valence-electron chi connectivity index (χ0n) is 11.9. The molecule has 0 saturated carbocycles. The standard InChI is InChI=1S/C15H14BrNO3S2/c1-8(2)12(14(18)19)17-13(21)11(22-15(17)20)7-9-3-5-10(16)6-4-9/h3-8,12H,1-2H3,(H,18,19)/t12-/m0/s1. The molecule has 1 N–H and O–H groups in total. The zero-order valence-corrected chi connectivity index (χ0v) is 15.2. The minimum Gasteiger partial charge on any atom is -0.480 e. The van der Waals surface area contributed by atoms with Crippen LogP contribution in [0, 0.1) is 5.92 Å². The zero-order chi connectivity index (χ0) is 16.4. The molecule has 0 aromatic heterocycles. The number of halogens is 1. The molecule has 0 radical (unpaired) electrons. The minimum absolute atomic E-state index is 0.230. The average molecular weight is 400 g/mol. The molecule has 0 unspecified atom stereocenters. The predicted molar refractivity (Wildman–Crippen MR) is 95.8 cm³/mol. The third-order valence-electron chi connectivity index (χ3n) is 3.15. The van der Waals surface area contributed by atoms with Gasteiger partial charge in [0, 0.05) is 4.47 Å². The van der Waals surface area contributed by atoms with Crippen molar-refractivity contribution in [3.8, 4) is 0 Å². The molecule has 1 aliphatic heterocycles. The van der Waals surface area contributed by atoms with Crippen molar-refractivity contribution in [1.29, 1.82) is 0 Å². The number of thioether (sulfide) groups is 1. The Labute approximate surface area is 146 Å². The molecule has 1 aliphatic rings. The van der Waals surface area contributed by atoms with Crippen molar-refractivity contribution in [3.05, 3.63) is 39.2 Å². The molecule has 2 rings (SSSR count). The number of amides is 1. The molecule has 1 fully saturated rings. The van der Waals surface area contributed by atoms with Crippen LogP contribution in [0.1, 0.15) is 19.4 Å². The molecule has 22 heavy (non-hydrogen) atoms. The van der Waals surface area contributed by atoms with Gasteiger partial charge in [0.2, 0.25) is 0 Å². The van der Waals surface area contributed by atoms with Crippen molar-refractivity contribution in [2.45, 2.75) is 19.9 Å². The van der Waals surface area contributed by atoms with Gasteiger partial charge >= 0.3 is 5.97 Å². The maximum atomic E-state index is 12.2. The van der Waals surface area contributed by atoms with E-state index in [1.807, 2.05) is 24.3 Å². The summed E-state index contributed by atoms with van der Waals surface area (Å²) in [7, 11) is 0. The number of carbonyl (C=O) groups excluding carboxylic acids is 1. The number of thiocarbonyl (C=S) groups is 1. The Kier molecular flexibility index (Phi) is 5.41. The van der Waals surface area contributed by atoms with Crippen molar-refractivity contribution < 1.29 is 14.7 Å². The van der Waals surface area contributed by atoms with Crippen molar-refractivity contribution >= 4 is 62.2 Å². The van der Waals surface area contributed by atoms with Gasteiger partial charge in [-0.25, -0.2) is 4.79 Å². The van der Waals surface area contributed by atoms with Crippen LogP contribution in [0.4, 0.5) is 4.79 Å². The molecule has 116 valence electrons. The van der Waals surface area contributed by atoms with Gasteiger partial charge in [-0.15, -0.1) is 0 Å². The van der Waals surface area contributed by atoms with Gasteiger partial charge in [-0.1, -0.05) is 54.1 Å². The van der Waals surface area contributed by atoms with Crippen LogP contribution in [-0.2, 0) is 4.79 Å². The molecular formula is C15H14BrNO3S2. The van der Waals surface area contributed by atoms with Gasteiger partial charge in [0.05, 0.1) is 4.91 Å². The highest BCUT2D eigenvalue weighted by Crippen LogP contribution is 2.36. The number of rotatable bonds is 4. The monoisotopic (exact) mass is 399 g/mol. The summed E-state index contributed by atoms with van der Waals surface area (Å²) in [6, 6.07) is 6.63. The topological polar surface area (TPSA) is 57.6 Å². The lowest BCUT2D eigenvalue weighted by Gasteiger charge is -2.26. The van der Waals surface area contributed by atoms with E-state index < -0.39 is 12.0 Å². The maximum Gasteiger partial charge on any atom is 0.327 e. The van der Waals surface area contributed by atoms with Gasteiger partial charge in [-0.05, 0) is 41.5 Å². The van der Waals surface area contributed by atoms with E-state index in [-0.39, 0.29) is 16.1 Å². The fraction of sp³-hybridized carbons (Fsp3) is 0.267. The summed E-state index contributed by atoms with van der Waals surface area (Å²) < 4.78 is 0.958. The Morgan fingerprint density at radius 3 is 2.45 bits per heavy atom. The van der Waals surface area contributed by atoms with Crippen molar-refractivity contribution in [2.75, 3.05) is 0 Å². The Morgan fingerprint density at radius 1 is 1.36 bits per heavy atom. The lowest BCUT2D eigenvalue weighted by Crippen LogP contribution is -2.46. The fourth-order valence-corrected chi connectivity index (χ4v) is 3.70. The molecule has 1 heterocycles. The third kappa shape index (κ3) is 3.59. The highest BCUT2D eigenvalue weighted by Gasteiger charge is 2.41. The van der Waals surface area contributed by atoms with Crippen LogP contribution in [0.2, 0.25) is 0 Å². The summed E-state index contributed by atoms with van der Waals surface area (Å²) in [5, 5.41) is 9.02. The average Bonchev–Trinajstić information content (AvgIpc) is 2.69. The second-order valence-corrected chi connectivity index (χ2v) is 7.43. The quantitative estimate of drug-likeness (QED) is 0.600. The number of carbonyl (C=O) groups is 2. The summed E-state index contributed by atoms with van der Waals surface area (Å²) in [6.07, 6.45) is 1.80. The Bertz CT molecular complexity index is 655. The highest BCUT2D eigenvalue weighted by molar-refractivity contribution is 9.10. The predicted octanol–water partition coefficient (Wildman–Crippen LogP) is 4.40. The van der Waals surface area contributed by atoms with E-state index in [1.54, 1.807) is 19.9 Å². The first kappa shape index (κ1) is 17.2. The van der Waals surface area contributed by atoms with Gasteiger partial charge in [-0.2, -0.15) is 0 Å². The maximum absolute atomic E-state index is 12.2. The van der Waals surface area contributed by atoms with E-state index in [2.05, 4.69) is 15.9 Å². The number of benzene rings is 1. The first-order chi connectivity index (χ1) is 10.3. The lowest BCUT2D eigenvalue weighted by atomic mass is 10.0. The highest BCUT2D eigenvalue weighted by atomic mass is 79.9. The number of nitrogens with zero attached hydrogens (tertiary/aromatic N) is 1. The van der Waals surface area contributed by atoms with Gasteiger partial charge in [0.1, 0.15) is 11.0 Å². The second kappa shape index (κ2) is 6.93. The summed E-state index contributed by atoms with van der Waals surface area (Å²) >= 11 is 9.66. The lowest BCUT2D eigenvalue weighted by molar-refractivity contribution is -0.142. The Balaban J connectivity index is 2.32. The van der Waals surface area contributed by atoms with E-state index in [9.17, 15) is 14.7 Å². The molecule has 4 nitrogen and oxygen atoms in total. The normalized spacial score (nSPS) is 18.4. The molecule has 7 heteroatoms. The molecule has 1 aromatic rings. The number of hydrogen-bond acceptors (Lipinski definition) is 4. The van der Waals surface area contributed by atoms with E-state index in [0.29, 0.717) is 4.91 Å². The van der Waals surface area contributed by atoms with E-state index >= 15 is 0 Å². The van der Waals surface area contributed by atoms with Crippen LogP contribution >= 0.6 is 39.9 Å². The number of carboxylic acid groups (broad SMARTS) is 1. The van der Waals surface area contributed by atoms with E-state index in [4.69, 9.17) is 12.2 Å². The Morgan fingerprint density at radius 2 is 1.95 bits per heavy atom. The summed E-state index contributed by atoms with van der Waals surface area (Å²) in [4.78, 5) is 25.7. The largest absolute Gasteiger partial charge is 0.480 e. The molecule has 0 bridgehead atoms. The molecular weight excluding hydrogens is 386 g/mol. The number of aliphatic carboxylic acids is 1. The van der Waals surface area contributed by atoms with E-state index in [0.717, 1.165) is 21.8 Å². The van der Waals surface area contributed by atoms with Crippen LogP contribution in [0.5, 0.6) is 0 Å². The van der Waals surface area contributed by atoms with Gasteiger partial charge < -0.3 is 5.11 Å². The van der Waals surface area contributed by atoms with Crippen molar-refractivity contribution in [1.82, 2.24) is 4.90 Å². The minimum atomic E-state index is -1.05. The number of carboxylic acids is 1. The van der Waals surface area contributed by atoms with Crippen LogP contribution < -0.4 is 0 Å². The molecule has 1 saturated heterocycles. The van der Waals surface area contributed by atoms with Crippen molar-refractivity contribution in [2.24, 2.45) is 5.92 Å². The van der Waals surface area contributed by atoms with E-state index in [1.165, 1.54) is 4.90 Å². The van der Waals surface area contributed by atoms with Crippen LogP contribution in [0.15, 0.2) is 33.6 Å². The Hall–Kier alpha value is -1.18. The summed E-state index contributed by atoms with van der Waals surface area (Å²) in [5.74, 6) is -1.27. The van der Waals surface area contributed by atoms with Crippen LogP contribution in [0.25, 0.3) is 6.08 Å². The second-order valence-electron chi connectivity index (χ2n) is 5.13. The third-order valence-corrected chi connectivity index (χ3v) is 5.13. The molecule has 0 spiro atoms. The molecule has 1 amide bonds. The first-order valence-electron chi connectivity index (χ1n) is 6.56. The van der Waals surface area contributed by atoms with Crippen LogP contribution in [0.3, 0.4) is 0 Å². The fourth-order valence-electron chi connectivity index (χ4n) is 2.12. The first-order valence-corrected chi connectivity index (χ1v) is 8.58. The van der Waals surface area contributed by atoms with Gasteiger partial charge in [-0.3, -0.25) is 9.69 Å². The van der Waals surface area contributed by atoms with Gasteiger partial charge in [0.25, 0.3) is 5.24 Å². The van der Waals surface area contributed by atoms with Crippen LogP contribution in [-0.4, -0.2) is 32.2 Å².